The van der Waals surface area contributed by atoms with E-state index in [1.165, 1.54) is 7.11 Å². The van der Waals surface area contributed by atoms with E-state index in [1.807, 2.05) is 31.3 Å². The molecule has 2 atom stereocenters. The molecule has 0 N–H and O–H groups in total. The summed E-state index contributed by atoms with van der Waals surface area (Å²) in [6.07, 6.45) is 0. The molecule has 0 aliphatic carbocycles. The Balaban J connectivity index is 2.26. The Labute approximate surface area is 106 Å². The van der Waals surface area contributed by atoms with Crippen LogP contribution in [0.4, 0.5) is 0 Å². The molecule has 2 rings (SSSR count). The summed E-state index contributed by atoms with van der Waals surface area (Å²) in [4.78, 5) is 13.9. The van der Waals surface area contributed by atoms with E-state index in [1.54, 1.807) is 0 Å². The maximum atomic E-state index is 11.7. The van der Waals surface area contributed by atoms with Gasteiger partial charge in [0.05, 0.1) is 13.0 Å². The van der Waals surface area contributed by atoms with Crippen LogP contribution in [0.1, 0.15) is 11.5 Å². The van der Waals surface area contributed by atoms with Gasteiger partial charge in [0, 0.05) is 24.0 Å². The fourth-order valence-electron chi connectivity index (χ4n) is 2.47. The van der Waals surface area contributed by atoms with E-state index < -0.39 is 0 Å². The zero-order valence-electron chi connectivity index (χ0n) is 10.0. The van der Waals surface area contributed by atoms with E-state index >= 15 is 0 Å². The molecule has 1 aromatic carbocycles. The van der Waals surface area contributed by atoms with Crippen LogP contribution in [0.3, 0.4) is 0 Å². The van der Waals surface area contributed by atoms with Gasteiger partial charge in [-0.25, -0.2) is 0 Å². The monoisotopic (exact) mass is 253 g/mol. The Morgan fingerprint density at radius 1 is 1.47 bits per heavy atom. The Morgan fingerprint density at radius 2 is 2.24 bits per heavy atom. The van der Waals surface area contributed by atoms with Gasteiger partial charge < -0.3 is 9.64 Å². The fourth-order valence-corrected chi connectivity index (χ4v) is 2.66. The zero-order chi connectivity index (χ0) is 12.4. The standard InChI is InChI=1S/C13H16ClNO2/c1-15-7-11(12(8-15)13(16)17-2)9-4-3-5-10(14)6-9/h3-6,11-12H,7-8H2,1-2H3/t11-,12+/m1/s1. The van der Waals surface area contributed by atoms with Crippen molar-refractivity contribution in [3.8, 4) is 0 Å². The van der Waals surface area contributed by atoms with E-state index in [0.29, 0.717) is 5.02 Å². The third-order valence-corrected chi connectivity index (χ3v) is 3.52. The van der Waals surface area contributed by atoms with Crippen LogP contribution in [0.25, 0.3) is 0 Å². The van der Waals surface area contributed by atoms with Gasteiger partial charge in [0.25, 0.3) is 0 Å². The number of likely N-dealkylation sites (N-methyl/N-ethyl adjacent to an activating group) is 1. The van der Waals surface area contributed by atoms with Gasteiger partial charge in [0.2, 0.25) is 0 Å². The molecule has 1 aliphatic heterocycles. The molecule has 0 amide bonds. The number of hydrogen-bond acceptors (Lipinski definition) is 3. The maximum absolute atomic E-state index is 11.7. The second-order valence-electron chi connectivity index (χ2n) is 4.51. The highest BCUT2D eigenvalue weighted by molar-refractivity contribution is 6.30. The molecule has 0 saturated carbocycles. The molecule has 92 valence electrons. The van der Waals surface area contributed by atoms with E-state index in [-0.39, 0.29) is 17.8 Å². The third kappa shape index (κ3) is 2.61. The first-order valence-corrected chi connectivity index (χ1v) is 6.01. The summed E-state index contributed by atoms with van der Waals surface area (Å²) in [5, 5.41) is 0.709. The maximum Gasteiger partial charge on any atom is 0.310 e. The normalized spacial score (nSPS) is 24.9. The predicted octanol–water partition coefficient (Wildman–Crippen LogP) is 2.16. The molecule has 0 bridgehead atoms. The van der Waals surface area contributed by atoms with E-state index in [4.69, 9.17) is 16.3 Å². The van der Waals surface area contributed by atoms with E-state index in [2.05, 4.69) is 4.90 Å². The smallest absolute Gasteiger partial charge is 0.310 e. The van der Waals surface area contributed by atoms with Crippen molar-refractivity contribution in [1.29, 1.82) is 0 Å². The van der Waals surface area contributed by atoms with Gasteiger partial charge in [0.1, 0.15) is 0 Å². The van der Waals surface area contributed by atoms with Crippen molar-refractivity contribution in [3.05, 3.63) is 34.9 Å². The summed E-state index contributed by atoms with van der Waals surface area (Å²) in [6, 6.07) is 7.72. The number of esters is 1. The highest BCUT2D eigenvalue weighted by Crippen LogP contribution is 2.33. The number of halogens is 1. The molecule has 0 unspecified atom stereocenters. The van der Waals surface area contributed by atoms with Gasteiger partial charge in [0.15, 0.2) is 0 Å². The van der Waals surface area contributed by atoms with Gasteiger partial charge in [-0.3, -0.25) is 4.79 Å². The number of likely N-dealkylation sites (tertiary alicyclic amines) is 1. The average molecular weight is 254 g/mol. The molecular formula is C13H16ClNO2. The third-order valence-electron chi connectivity index (χ3n) is 3.28. The minimum absolute atomic E-state index is 0.0940. The van der Waals surface area contributed by atoms with Crippen LogP contribution in [-0.4, -0.2) is 38.1 Å². The number of rotatable bonds is 2. The van der Waals surface area contributed by atoms with Crippen LogP contribution in [0.15, 0.2) is 24.3 Å². The summed E-state index contributed by atoms with van der Waals surface area (Å²) in [5.41, 5.74) is 1.11. The molecule has 0 radical (unpaired) electrons. The average Bonchev–Trinajstić information content (AvgIpc) is 2.70. The lowest BCUT2D eigenvalue weighted by Gasteiger charge is -2.16. The highest BCUT2D eigenvalue weighted by atomic mass is 35.5. The summed E-state index contributed by atoms with van der Waals surface area (Å²) < 4.78 is 4.87. The Hall–Kier alpha value is -1.06. The molecule has 1 heterocycles. The van der Waals surface area contributed by atoms with Crippen molar-refractivity contribution >= 4 is 17.6 Å². The van der Waals surface area contributed by atoms with Crippen molar-refractivity contribution < 1.29 is 9.53 Å². The Bertz CT molecular complexity index is 422. The van der Waals surface area contributed by atoms with Crippen molar-refractivity contribution in [2.45, 2.75) is 5.92 Å². The van der Waals surface area contributed by atoms with Crippen LogP contribution >= 0.6 is 11.6 Å². The zero-order valence-corrected chi connectivity index (χ0v) is 10.8. The number of ether oxygens (including phenoxy) is 1. The van der Waals surface area contributed by atoms with Gasteiger partial charge in [-0.2, -0.15) is 0 Å². The number of methoxy groups -OCH3 is 1. The first kappa shape index (κ1) is 12.4. The molecule has 1 saturated heterocycles. The van der Waals surface area contributed by atoms with Crippen molar-refractivity contribution in [2.75, 3.05) is 27.2 Å². The van der Waals surface area contributed by atoms with Crippen LogP contribution in [0.5, 0.6) is 0 Å². The number of carbonyl (C=O) groups excluding carboxylic acids is 1. The lowest BCUT2D eigenvalue weighted by molar-refractivity contribution is -0.145. The predicted molar refractivity (Wildman–Crippen MR) is 67.2 cm³/mol. The first-order chi connectivity index (χ1) is 8.11. The summed E-state index contributed by atoms with van der Waals surface area (Å²) in [6.45, 7) is 1.60. The van der Waals surface area contributed by atoms with Crippen molar-refractivity contribution in [1.82, 2.24) is 4.90 Å². The highest BCUT2D eigenvalue weighted by Gasteiger charge is 2.37. The van der Waals surface area contributed by atoms with Gasteiger partial charge in [-0.15, -0.1) is 0 Å². The van der Waals surface area contributed by atoms with E-state index in [9.17, 15) is 4.79 Å². The fraction of sp³-hybridized carbons (Fsp3) is 0.462. The van der Waals surface area contributed by atoms with Crippen LogP contribution in [0, 0.1) is 5.92 Å². The molecule has 1 aromatic rings. The second kappa shape index (κ2) is 5.07. The SMILES string of the molecule is COC(=O)[C@H]1CN(C)C[C@@H]1c1cccc(Cl)c1. The number of benzene rings is 1. The minimum Gasteiger partial charge on any atom is -0.469 e. The van der Waals surface area contributed by atoms with Crippen molar-refractivity contribution in [3.63, 3.8) is 0 Å². The van der Waals surface area contributed by atoms with Gasteiger partial charge in [-0.1, -0.05) is 23.7 Å². The lowest BCUT2D eigenvalue weighted by Crippen LogP contribution is -2.23. The van der Waals surface area contributed by atoms with Crippen LogP contribution in [-0.2, 0) is 9.53 Å². The Kier molecular flexibility index (Phi) is 3.69. The lowest BCUT2D eigenvalue weighted by atomic mass is 9.89. The number of nitrogens with zero attached hydrogens (tertiary/aromatic N) is 1. The van der Waals surface area contributed by atoms with Gasteiger partial charge in [-0.05, 0) is 24.7 Å². The Morgan fingerprint density at radius 3 is 2.88 bits per heavy atom. The molecule has 17 heavy (non-hydrogen) atoms. The molecule has 1 aliphatic rings. The van der Waals surface area contributed by atoms with E-state index in [0.717, 1.165) is 18.7 Å². The first-order valence-electron chi connectivity index (χ1n) is 5.63. The number of carbonyl (C=O) groups is 1. The second-order valence-corrected chi connectivity index (χ2v) is 4.95. The summed E-state index contributed by atoms with van der Waals surface area (Å²) in [7, 11) is 3.45. The van der Waals surface area contributed by atoms with Crippen molar-refractivity contribution in [2.24, 2.45) is 5.92 Å². The molecule has 1 fully saturated rings. The molecule has 4 heteroatoms. The van der Waals surface area contributed by atoms with Crippen LogP contribution < -0.4 is 0 Å². The quantitative estimate of drug-likeness (QED) is 0.757. The molecule has 3 nitrogen and oxygen atoms in total. The summed E-state index contributed by atoms with van der Waals surface area (Å²) >= 11 is 5.99. The minimum atomic E-state index is -0.140. The molecule has 0 aromatic heterocycles. The number of hydrogen-bond donors (Lipinski definition) is 0. The molecule has 0 spiro atoms. The summed E-state index contributed by atoms with van der Waals surface area (Å²) in [5.74, 6) is -0.0612. The van der Waals surface area contributed by atoms with Crippen LogP contribution in [0.2, 0.25) is 5.02 Å². The topological polar surface area (TPSA) is 29.5 Å². The largest absolute Gasteiger partial charge is 0.469 e. The van der Waals surface area contributed by atoms with Gasteiger partial charge >= 0.3 is 5.97 Å². The molecular weight excluding hydrogens is 238 g/mol.